The molecule has 0 aliphatic carbocycles. The van der Waals surface area contributed by atoms with Crippen LogP contribution in [0.5, 0.6) is 0 Å². The molecule has 0 atom stereocenters. The van der Waals surface area contributed by atoms with Crippen LogP contribution in [0.15, 0.2) is 96.0 Å². The molecule has 0 spiro atoms. The molecular weight excluding hydrogens is 422 g/mol. The molecule has 0 saturated heterocycles. The van der Waals surface area contributed by atoms with Gasteiger partial charge in [0.1, 0.15) is 18.9 Å². The van der Waals surface area contributed by atoms with Crippen molar-refractivity contribution in [1.29, 1.82) is 0 Å². The molecule has 144 valence electrons. The van der Waals surface area contributed by atoms with E-state index in [0.29, 0.717) is 0 Å². The van der Waals surface area contributed by atoms with Crippen LogP contribution in [0.2, 0.25) is 0 Å². The summed E-state index contributed by atoms with van der Waals surface area (Å²) < 4.78 is 8.11. The highest BCUT2D eigenvalue weighted by Gasteiger charge is 2.10. The van der Waals surface area contributed by atoms with E-state index in [-0.39, 0.29) is 0 Å². The topological polar surface area (TPSA) is 13.7 Å². The Hall–Kier alpha value is -2.85. The van der Waals surface area contributed by atoms with Gasteiger partial charge in [-0.2, -0.15) is 0 Å². The Balaban J connectivity index is 1.29. The van der Waals surface area contributed by atoms with Gasteiger partial charge in [-0.15, -0.1) is 0 Å². The minimum Gasteiger partial charge on any atom is -0.340 e. The third-order valence-electron chi connectivity index (χ3n) is 5.50. The predicted octanol–water partition coefficient (Wildman–Crippen LogP) is 5.78. The molecular formula is C25H23BrN3+. The smallest absolute Gasteiger partial charge is 0.244 e. The summed E-state index contributed by atoms with van der Waals surface area (Å²) in [4.78, 5) is 0. The van der Waals surface area contributed by atoms with Gasteiger partial charge in [0.2, 0.25) is 6.33 Å². The van der Waals surface area contributed by atoms with Crippen molar-refractivity contribution in [3.63, 3.8) is 0 Å². The van der Waals surface area contributed by atoms with Crippen molar-refractivity contribution in [3.05, 3.63) is 102 Å². The average Bonchev–Trinajstić information content (AvgIpc) is 3.33. The summed E-state index contributed by atoms with van der Waals surface area (Å²) in [6, 6.07) is 26.0. The Labute approximate surface area is 179 Å². The zero-order valence-electron chi connectivity index (χ0n) is 16.2. The molecule has 3 aromatic carbocycles. The van der Waals surface area contributed by atoms with Gasteiger partial charge in [-0.25, -0.2) is 9.13 Å². The lowest BCUT2D eigenvalue weighted by molar-refractivity contribution is -0.687. The number of fused-ring (bicyclic) bond motifs is 3. The van der Waals surface area contributed by atoms with Crippen LogP contribution < -0.4 is 4.57 Å². The molecule has 0 amide bonds. The van der Waals surface area contributed by atoms with Crippen molar-refractivity contribution in [1.82, 2.24) is 9.13 Å². The van der Waals surface area contributed by atoms with Crippen LogP contribution in [0.25, 0.3) is 21.8 Å². The number of nitrogens with zero attached hydrogens (tertiary/aromatic N) is 3. The van der Waals surface area contributed by atoms with Gasteiger partial charge in [-0.05, 0) is 29.8 Å². The number of hydrogen-bond acceptors (Lipinski definition) is 0. The van der Waals surface area contributed by atoms with Crippen molar-refractivity contribution < 1.29 is 4.57 Å². The normalized spacial score (nSPS) is 11.5. The number of aryl methyl sites for hydroxylation is 2. The maximum atomic E-state index is 3.50. The Morgan fingerprint density at radius 1 is 0.759 bits per heavy atom. The van der Waals surface area contributed by atoms with Crippen molar-refractivity contribution >= 4 is 37.7 Å². The van der Waals surface area contributed by atoms with Gasteiger partial charge in [0.05, 0.1) is 6.54 Å². The van der Waals surface area contributed by atoms with Gasteiger partial charge in [0, 0.05) is 39.2 Å². The Morgan fingerprint density at radius 2 is 1.41 bits per heavy atom. The van der Waals surface area contributed by atoms with Crippen LogP contribution in [0, 0.1) is 0 Å². The second-order valence-electron chi connectivity index (χ2n) is 7.49. The maximum Gasteiger partial charge on any atom is 0.244 e. The Morgan fingerprint density at radius 3 is 2.10 bits per heavy atom. The van der Waals surface area contributed by atoms with E-state index in [2.05, 4.69) is 121 Å². The van der Waals surface area contributed by atoms with Crippen molar-refractivity contribution in [3.8, 4) is 0 Å². The van der Waals surface area contributed by atoms with Gasteiger partial charge < -0.3 is 4.57 Å². The monoisotopic (exact) mass is 444 g/mol. The Bertz CT molecular complexity index is 1210. The highest BCUT2D eigenvalue weighted by atomic mass is 79.9. The zero-order chi connectivity index (χ0) is 19.6. The summed E-state index contributed by atoms with van der Waals surface area (Å²) in [5, 5.41) is 2.69. The van der Waals surface area contributed by atoms with Crippen LogP contribution in [-0.4, -0.2) is 9.13 Å². The second kappa shape index (κ2) is 7.88. The van der Waals surface area contributed by atoms with E-state index in [9.17, 15) is 0 Å². The summed E-state index contributed by atoms with van der Waals surface area (Å²) in [7, 11) is 0. The maximum absolute atomic E-state index is 3.50. The summed E-state index contributed by atoms with van der Waals surface area (Å²) in [6.07, 6.45) is 7.62. The summed E-state index contributed by atoms with van der Waals surface area (Å²) in [5.74, 6) is 0. The molecule has 5 rings (SSSR count). The molecule has 5 aromatic rings. The summed E-state index contributed by atoms with van der Waals surface area (Å²) in [5.41, 5.74) is 3.96. The third-order valence-corrected chi connectivity index (χ3v) is 6.03. The molecule has 2 aromatic heterocycles. The van der Waals surface area contributed by atoms with E-state index in [1.54, 1.807) is 0 Å². The highest BCUT2D eigenvalue weighted by Crippen LogP contribution is 2.28. The van der Waals surface area contributed by atoms with Gasteiger partial charge in [0.25, 0.3) is 0 Å². The van der Waals surface area contributed by atoms with Gasteiger partial charge in [-0.3, -0.25) is 0 Å². The molecule has 0 radical (unpaired) electrons. The number of rotatable bonds is 6. The number of para-hydroxylation sites is 2. The number of imidazole rings is 1. The fraction of sp³-hybridized carbons (Fsp3) is 0.160. The molecule has 0 N–H and O–H groups in total. The number of aromatic nitrogens is 3. The lowest BCUT2D eigenvalue weighted by Crippen LogP contribution is -2.31. The highest BCUT2D eigenvalue weighted by molar-refractivity contribution is 9.10. The molecule has 29 heavy (non-hydrogen) atoms. The van der Waals surface area contributed by atoms with Crippen LogP contribution >= 0.6 is 15.9 Å². The van der Waals surface area contributed by atoms with Crippen LogP contribution in [0.1, 0.15) is 12.0 Å². The second-order valence-corrected chi connectivity index (χ2v) is 8.41. The van der Waals surface area contributed by atoms with Crippen LogP contribution in [0.3, 0.4) is 0 Å². The van der Waals surface area contributed by atoms with Crippen molar-refractivity contribution in [2.24, 2.45) is 0 Å². The van der Waals surface area contributed by atoms with Gasteiger partial charge in [-0.1, -0.05) is 64.5 Å². The van der Waals surface area contributed by atoms with Crippen molar-refractivity contribution in [2.45, 2.75) is 26.1 Å². The molecule has 4 heteroatoms. The predicted molar refractivity (Wildman–Crippen MR) is 122 cm³/mol. The van der Waals surface area contributed by atoms with E-state index >= 15 is 0 Å². The molecule has 0 unspecified atom stereocenters. The molecule has 0 aliphatic heterocycles. The van der Waals surface area contributed by atoms with Gasteiger partial charge >= 0.3 is 0 Å². The first-order valence-corrected chi connectivity index (χ1v) is 10.8. The fourth-order valence-corrected chi connectivity index (χ4v) is 4.39. The summed E-state index contributed by atoms with van der Waals surface area (Å²) in [6.45, 7) is 2.92. The lowest BCUT2D eigenvalue weighted by Gasteiger charge is -2.06. The Kier molecular flexibility index (Phi) is 4.94. The number of halogens is 1. The first kappa shape index (κ1) is 18.2. The molecule has 0 aliphatic rings. The van der Waals surface area contributed by atoms with E-state index < -0.39 is 0 Å². The van der Waals surface area contributed by atoms with E-state index in [4.69, 9.17) is 0 Å². The first-order valence-electron chi connectivity index (χ1n) is 10.0. The SMILES string of the molecule is Brc1ccc(C[n+]2ccn(CCCn3c4ccccc4c4ccccc43)c2)cc1. The average molecular weight is 445 g/mol. The number of hydrogen-bond donors (Lipinski definition) is 0. The molecule has 0 fully saturated rings. The van der Waals surface area contributed by atoms with E-state index in [1.807, 2.05) is 0 Å². The minimum absolute atomic E-state index is 0.896. The molecule has 2 heterocycles. The molecule has 3 nitrogen and oxygen atoms in total. The fourth-order valence-electron chi connectivity index (χ4n) is 4.12. The number of benzene rings is 3. The first-order chi connectivity index (χ1) is 14.3. The minimum atomic E-state index is 0.896. The van der Waals surface area contributed by atoms with Gasteiger partial charge in [0.15, 0.2) is 0 Å². The molecule has 0 bridgehead atoms. The third kappa shape index (κ3) is 3.73. The molecule has 0 saturated carbocycles. The largest absolute Gasteiger partial charge is 0.340 e. The lowest BCUT2D eigenvalue weighted by atomic mass is 10.2. The standard InChI is InChI=1S/C25H23BrN3/c26-21-12-10-20(11-13-21)18-28-17-16-27(19-28)14-5-15-29-24-8-3-1-6-22(24)23-7-2-4-9-25(23)29/h1-4,6-13,16-17,19H,5,14-15,18H2/q+1. The van der Waals surface area contributed by atoms with E-state index in [1.165, 1.54) is 27.4 Å². The van der Waals surface area contributed by atoms with Crippen LogP contribution in [-0.2, 0) is 19.6 Å². The quantitative estimate of drug-likeness (QED) is 0.294. The zero-order valence-corrected chi connectivity index (χ0v) is 17.8. The van der Waals surface area contributed by atoms with E-state index in [0.717, 1.165) is 30.5 Å². The summed E-state index contributed by atoms with van der Waals surface area (Å²) >= 11 is 3.50. The van der Waals surface area contributed by atoms with Crippen LogP contribution in [0.4, 0.5) is 0 Å². The van der Waals surface area contributed by atoms with Crippen molar-refractivity contribution in [2.75, 3.05) is 0 Å².